The maximum absolute atomic E-state index is 13.1. The molecule has 18 heavy (non-hydrogen) atoms. The summed E-state index contributed by atoms with van der Waals surface area (Å²) in [5.74, 6) is 0.0197. The van der Waals surface area contributed by atoms with Crippen molar-refractivity contribution in [1.29, 1.82) is 0 Å². The summed E-state index contributed by atoms with van der Waals surface area (Å²) in [4.78, 5) is 0. The van der Waals surface area contributed by atoms with Crippen LogP contribution in [0.5, 0.6) is 5.75 Å². The van der Waals surface area contributed by atoms with Crippen molar-refractivity contribution in [1.82, 2.24) is 5.32 Å². The Kier molecular flexibility index (Phi) is 4.33. The zero-order chi connectivity index (χ0) is 13.0. The van der Waals surface area contributed by atoms with Gasteiger partial charge in [0.05, 0.1) is 0 Å². The van der Waals surface area contributed by atoms with E-state index < -0.39 is 0 Å². The molecule has 0 fully saturated rings. The van der Waals surface area contributed by atoms with Crippen molar-refractivity contribution in [3.05, 3.63) is 63.9 Å². The van der Waals surface area contributed by atoms with Gasteiger partial charge in [-0.25, -0.2) is 4.39 Å². The van der Waals surface area contributed by atoms with E-state index in [2.05, 4.69) is 21.2 Å². The molecule has 0 bridgehead atoms. The van der Waals surface area contributed by atoms with Crippen LogP contribution in [0.1, 0.15) is 11.1 Å². The highest BCUT2D eigenvalue weighted by Crippen LogP contribution is 2.17. The first-order valence-electron chi connectivity index (χ1n) is 5.58. The molecule has 0 atom stereocenters. The smallest absolute Gasteiger partial charge is 0.123 e. The molecule has 2 nitrogen and oxygen atoms in total. The summed E-state index contributed by atoms with van der Waals surface area (Å²) >= 11 is 3.39. The fourth-order valence-corrected chi connectivity index (χ4v) is 2.02. The van der Waals surface area contributed by atoms with Gasteiger partial charge in [0.15, 0.2) is 0 Å². The van der Waals surface area contributed by atoms with Gasteiger partial charge in [0.1, 0.15) is 11.6 Å². The number of nitrogens with one attached hydrogen (secondary N) is 1. The number of hydrogen-bond donors (Lipinski definition) is 2. The standard InChI is InChI=1S/C14H13BrFNO/c15-14-6-3-12(16)7-11(14)9-17-8-10-1-4-13(18)5-2-10/h1-7,17-18H,8-9H2. The topological polar surface area (TPSA) is 32.3 Å². The van der Waals surface area contributed by atoms with Crippen LogP contribution in [0.15, 0.2) is 46.9 Å². The predicted molar refractivity (Wildman–Crippen MR) is 72.8 cm³/mol. The Labute approximate surface area is 114 Å². The molecule has 2 aromatic rings. The third kappa shape index (κ3) is 3.55. The minimum Gasteiger partial charge on any atom is -0.508 e. The number of aromatic hydroxyl groups is 1. The molecule has 2 rings (SSSR count). The Morgan fingerprint density at radius 1 is 1.06 bits per heavy atom. The van der Waals surface area contributed by atoms with Crippen molar-refractivity contribution in [3.63, 3.8) is 0 Å². The van der Waals surface area contributed by atoms with E-state index >= 15 is 0 Å². The highest BCUT2D eigenvalue weighted by Gasteiger charge is 2.01. The average Bonchev–Trinajstić information content (AvgIpc) is 2.36. The molecule has 0 heterocycles. The van der Waals surface area contributed by atoms with Gasteiger partial charge in [-0.3, -0.25) is 0 Å². The number of phenolic OH excluding ortho intramolecular Hbond substituents is 1. The number of hydrogen-bond acceptors (Lipinski definition) is 2. The van der Waals surface area contributed by atoms with Gasteiger partial charge in [0.2, 0.25) is 0 Å². The zero-order valence-electron chi connectivity index (χ0n) is 9.66. The molecule has 0 aliphatic heterocycles. The van der Waals surface area contributed by atoms with Crippen molar-refractivity contribution < 1.29 is 9.50 Å². The number of benzene rings is 2. The van der Waals surface area contributed by atoms with Gasteiger partial charge < -0.3 is 10.4 Å². The summed E-state index contributed by atoms with van der Waals surface area (Å²) < 4.78 is 14.0. The molecule has 0 spiro atoms. The lowest BCUT2D eigenvalue weighted by molar-refractivity contribution is 0.475. The highest BCUT2D eigenvalue weighted by molar-refractivity contribution is 9.10. The molecule has 0 radical (unpaired) electrons. The van der Waals surface area contributed by atoms with Crippen LogP contribution in [0.25, 0.3) is 0 Å². The molecular weight excluding hydrogens is 297 g/mol. The molecule has 0 aliphatic carbocycles. The fourth-order valence-electron chi connectivity index (χ4n) is 1.63. The highest BCUT2D eigenvalue weighted by atomic mass is 79.9. The fraction of sp³-hybridized carbons (Fsp3) is 0.143. The average molecular weight is 310 g/mol. The Morgan fingerprint density at radius 2 is 1.78 bits per heavy atom. The maximum atomic E-state index is 13.1. The molecule has 0 saturated carbocycles. The second kappa shape index (κ2) is 5.98. The van der Waals surface area contributed by atoms with Gasteiger partial charge in [0.25, 0.3) is 0 Å². The summed E-state index contributed by atoms with van der Waals surface area (Å²) in [6, 6.07) is 11.6. The Balaban J connectivity index is 1.92. The van der Waals surface area contributed by atoms with E-state index in [1.165, 1.54) is 12.1 Å². The predicted octanol–water partition coefficient (Wildman–Crippen LogP) is 3.58. The molecule has 0 aromatic heterocycles. The van der Waals surface area contributed by atoms with Crippen LogP contribution in [-0.2, 0) is 13.1 Å². The van der Waals surface area contributed by atoms with Crippen molar-refractivity contribution in [2.75, 3.05) is 0 Å². The first-order chi connectivity index (χ1) is 8.65. The second-order valence-corrected chi connectivity index (χ2v) is 4.86. The maximum Gasteiger partial charge on any atom is 0.123 e. The molecule has 0 unspecified atom stereocenters. The van der Waals surface area contributed by atoms with Crippen LogP contribution in [0.4, 0.5) is 4.39 Å². The lowest BCUT2D eigenvalue weighted by Gasteiger charge is -2.07. The third-order valence-electron chi connectivity index (χ3n) is 2.59. The summed E-state index contributed by atoms with van der Waals surface area (Å²) in [5, 5.41) is 12.4. The van der Waals surface area contributed by atoms with Crippen molar-refractivity contribution in [2.24, 2.45) is 0 Å². The zero-order valence-corrected chi connectivity index (χ0v) is 11.2. The van der Waals surface area contributed by atoms with Gasteiger partial charge in [-0.05, 0) is 41.5 Å². The van der Waals surface area contributed by atoms with E-state index in [1.807, 2.05) is 12.1 Å². The van der Waals surface area contributed by atoms with Crippen LogP contribution >= 0.6 is 15.9 Å². The Morgan fingerprint density at radius 3 is 2.50 bits per heavy atom. The van der Waals surface area contributed by atoms with Crippen LogP contribution in [0.3, 0.4) is 0 Å². The SMILES string of the molecule is Oc1ccc(CNCc2cc(F)ccc2Br)cc1. The van der Waals surface area contributed by atoms with E-state index in [0.717, 1.165) is 15.6 Å². The lowest BCUT2D eigenvalue weighted by atomic mass is 10.2. The first-order valence-corrected chi connectivity index (χ1v) is 6.37. The molecule has 94 valence electrons. The Hall–Kier alpha value is -1.39. The first kappa shape index (κ1) is 13.1. The number of phenols is 1. The van der Waals surface area contributed by atoms with E-state index in [-0.39, 0.29) is 11.6 Å². The molecule has 4 heteroatoms. The number of halogens is 2. The van der Waals surface area contributed by atoms with Crippen LogP contribution < -0.4 is 5.32 Å². The second-order valence-electron chi connectivity index (χ2n) is 4.01. The van der Waals surface area contributed by atoms with E-state index in [0.29, 0.717) is 13.1 Å². The van der Waals surface area contributed by atoms with Crippen molar-refractivity contribution >= 4 is 15.9 Å². The quantitative estimate of drug-likeness (QED) is 0.904. The minimum atomic E-state index is -0.236. The van der Waals surface area contributed by atoms with E-state index in [9.17, 15) is 4.39 Å². The molecule has 0 saturated heterocycles. The largest absolute Gasteiger partial charge is 0.508 e. The minimum absolute atomic E-state index is 0.236. The van der Waals surface area contributed by atoms with Crippen LogP contribution in [0, 0.1) is 5.82 Å². The van der Waals surface area contributed by atoms with E-state index in [1.54, 1.807) is 18.2 Å². The molecule has 0 aliphatic rings. The summed E-state index contributed by atoms with van der Waals surface area (Å²) in [5.41, 5.74) is 1.95. The van der Waals surface area contributed by atoms with Crippen LogP contribution in [0.2, 0.25) is 0 Å². The van der Waals surface area contributed by atoms with Gasteiger partial charge in [-0.15, -0.1) is 0 Å². The third-order valence-corrected chi connectivity index (χ3v) is 3.36. The lowest BCUT2D eigenvalue weighted by Crippen LogP contribution is -2.13. The van der Waals surface area contributed by atoms with Crippen LogP contribution in [-0.4, -0.2) is 5.11 Å². The summed E-state index contributed by atoms with van der Waals surface area (Å²) in [6.07, 6.45) is 0. The van der Waals surface area contributed by atoms with Gasteiger partial charge >= 0.3 is 0 Å². The summed E-state index contributed by atoms with van der Waals surface area (Å²) in [7, 11) is 0. The van der Waals surface area contributed by atoms with Crippen molar-refractivity contribution in [2.45, 2.75) is 13.1 Å². The molecule has 2 aromatic carbocycles. The molecule has 0 amide bonds. The monoisotopic (exact) mass is 309 g/mol. The van der Waals surface area contributed by atoms with Gasteiger partial charge in [0, 0.05) is 17.6 Å². The van der Waals surface area contributed by atoms with Gasteiger partial charge in [-0.2, -0.15) is 0 Å². The summed E-state index contributed by atoms with van der Waals surface area (Å²) in [6.45, 7) is 1.25. The van der Waals surface area contributed by atoms with E-state index in [4.69, 9.17) is 5.11 Å². The van der Waals surface area contributed by atoms with Gasteiger partial charge in [-0.1, -0.05) is 28.1 Å². The Bertz CT molecular complexity index is 528. The normalized spacial score (nSPS) is 10.6. The molecular formula is C14H13BrFNO. The number of rotatable bonds is 4. The molecule has 2 N–H and O–H groups in total. The van der Waals surface area contributed by atoms with Crippen molar-refractivity contribution in [3.8, 4) is 5.75 Å².